The molecule has 20 heavy (non-hydrogen) atoms. The number of carboxylic acid groups (broad SMARTS) is 1. The molecule has 0 aromatic heterocycles. The van der Waals surface area contributed by atoms with Crippen LogP contribution in [0.1, 0.15) is 25.3 Å². The summed E-state index contributed by atoms with van der Waals surface area (Å²) in [4.78, 5) is 22.6. The van der Waals surface area contributed by atoms with E-state index in [1.165, 1.54) is 0 Å². The second kappa shape index (κ2) is 5.94. The van der Waals surface area contributed by atoms with Crippen LogP contribution in [0, 0.1) is 12.8 Å². The summed E-state index contributed by atoms with van der Waals surface area (Å²) in [5, 5.41) is 11.6. The number of hydrogen-bond donors (Lipinski definition) is 2. The average Bonchev–Trinajstić information content (AvgIpc) is 2.35. The molecule has 1 aliphatic rings. The van der Waals surface area contributed by atoms with Gasteiger partial charge in [-0.2, -0.15) is 0 Å². The summed E-state index contributed by atoms with van der Waals surface area (Å²) in [6, 6.07) is 7.44. The average molecular weight is 277 g/mol. The minimum Gasteiger partial charge on any atom is -0.481 e. The molecule has 2 N–H and O–H groups in total. The third-order valence-corrected chi connectivity index (χ3v) is 3.54. The van der Waals surface area contributed by atoms with Crippen LogP contribution in [0.4, 0.5) is 0 Å². The molecule has 0 heterocycles. The number of amides is 1. The Morgan fingerprint density at radius 1 is 1.30 bits per heavy atom. The molecule has 2 rings (SSSR count). The maximum absolute atomic E-state index is 11.9. The van der Waals surface area contributed by atoms with Gasteiger partial charge in [-0.05, 0) is 38.8 Å². The van der Waals surface area contributed by atoms with Gasteiger partial charge in [0.1, 0.15) is 5.75 Å². The SMILES string of the molecule is Cc1ccc(OC(C)C(=O)NC2CC(C(=O)O)C2)cc1. The molecule has 0 aliphatic heterocycles. The van der Waals surface area contributed by atoms with E-state index in [0.29, 0.717) is 18.6 Å². The molecule has 1 unspecified atom stereocenters. The standard InChI is InChI=1S/C15H19NO4/c1-9-3-5-13(6-4-9)20-10(2)14(17)16-12-7-11(8-12)15(18)19/h3-6,10-12H,7-8H2,1-2H3,(H,16,17)(H,18,19). The Bertz CT molecular complexity index is 491. The van der Waals surface area contributed by atoms with Crippen LogP contribution in [0.2, 0.25) is 0 Å². The van der Waals surface area contributed by atoms with Crippen LogP contribution in [0.5, 0.6) is 5.75 Å². The van der Waals surface area contributed by atoms with E-state index in [0.717, 1.165) is 5.56 Å². The number of aryl methyl sites for hydroxylation is 1. The lowest BCUT2D eigenvalue weighted by molar-refractivity contribution is -0.146. The van der Waals surface area contributed by atoms with Gasteiger partial charge in [0.2, 0.25) is 0 Å². The number of nitrogens with one attached hydrogen (secondary N) is 1. The second-order valence-electron chi connectivity index (χ2n) is 5.29. The highest BCUT2D eigenvalue weighted by atomic mass is 16.5. The van der Waals surface area contributed by atoms with Gasteiger partial charge in [-0.15, -0.1) is 0 Å². The molecule has 1 atom stereocenters. The highest BCUT2D eigenvalue weighted by Gasteiger charge is 2.36. The molecule has 0 radical (unpaired) electrons. The summed E-state index contributed by atoms with van der Waals surface area (Å²) >= 11 is 0. The Labute approximate surface area is 117 Å². The van der Waals surface area contributed by atoms with E-state index < -0.39 is 12.1 Å². The third-order valence-electron chi connectivity index (χ3n) is 3.54. The molecule has 0 spiro atoms. The van der Waals surface area contributed by atoms with E-state index in [1.54, 1.807) is 6.92 Å². The number of hydrogen-bond acceptors (Lipinski definition) is 3. The lowest BCUT2D eigenvalue weighted by Gasteiger charge is -2.33. The van der Waals surface area contributed by atoms with Crippen molar-refractivity contribution in [3.63, 3.8) is 0 Å². The van der Waals surface area contributed by atoms with Crippen LogP contribution in [0.15, 0.2) is 24.3 Å². The predicted molar refractivity (Wildman–Crippen MR) is 73.6 cm³/mol. The van der Waals surface area contributed by atoms with E-state index in [9.17, 15) is 9.59 Å². The maximum atomic E-state index is 11.9. The van der Waals surface area contributed by atoms with Gasteiger partial charge in [-0.3, -0.25) is 9.59 Å². The molecule has 1 saturated carbocycles. The zero-order valence-corrected chi connectivity index (χ0v) is 11.6. The van der Waals surface area contributed by atoms with Gasteiger partial charge < -0.3 is 15.2 Å². The largest absolute Gasteiger partial charge is 0.481 e. The molecule has 0 saturated heterocycles. The second-order valence-corrected chi connectivity index (χ2v) is 5.29. The normalized spacial score (nSPS) is 22.5. The monoisotopic (exact) mass is 277 g/mol. The Morgan fingerprint density at radius 3 is 2.45 bits per heavy atom. The zero-order valence-electron chi connectivity index (χ0n) is 11.6. The van der Waals surface area contributed by atoms with Crippen molar-refractivity contribution in [1.29, 1.82) is 0 Å². The van der Waals surface area contributed by atoms with E-state index in [2.05, 4.69) is 5.32 Å². The van der Waals surface area contributed by atoms with Gasteiger partial charge in [0.15, 0.2) is 6.10 Å². The van der Waals surface area contributed by atoms with E-state index >= 15 is 0 Å². The number of ether oxygens (including phenoxy) is 1. The summed E-state index contributed by atoms with van der Waals surface area (Å²) in [7, 11) is 0. The Morgan fingerprint density at radius 2 is 1.90 bits per heavy atom. The fraction of sp³-hybridized carbons (Fsp3) is 0.467. The molecular weight excluding hydrogens is 258 g/mol. The van der Waals surface area contributed by atoms with Crippen LogP contribution >= 0.6 is 0 Å². The lowest BCUT2D eigenvalue weighted by atomic mass is 9.80. The molecule has 1 aromatic rings. The highest BCUT2D eigenvalue weighted by molar-refractivity contribution is 5.81. The molecule has 1 aromatic carbocycles. The number of carboxylic acids is 1. The predicted octanol–water partition coefficient (Wildman–Crippen LogP) is 1.74. The summed E-state index contributed by atoms with van der Waals surface area (Å²) in [6.45, 7) is 3.66. The van der Waals surface area contributed by atoms with Crippen molar-refractivity contribution in [2.75, 3.05) is 0 Å². The molecule has 0 bridgehead atoms. The Hall–Kier alpha value is -2.04. The number of rotatable bonds is 5. The first-order valence-electron chi connectivity index (χ1n) is 6.72. The molecule has 108 valence electrons. The zero-order chi connectivity index (χ0) is 14.7. The van der Waals surface area contributed by atoms with Crippen molar-refractivity contribution in [3.8, 4) is 5.75 Å². The van der Waals surface area contributed by atoms with Crippen molar-refractivity contribution in [2.45, 2.75) is 38.8 Å². The summed E-state index contributed by atoms with van der Waals surface area (Å²) in [6.07, 6.45) is 0.401. The van der Waals surface area contributed by atoms with Crippen LogP contribution in [0.25, 0.3) is 0 Å². The summed E-state index contributed by atoms with van der Waals surface area (Å²) in [5.74, 6) is -0.678. The van der Waals surface area contributed by atoms with E-state index in [4.69, 9.17) is 9.84 Å². The number of carbonyl (C=O) groups excluding carboxylic acids is 1. The quantitative estimate of drug-likeness (QED) is 0.859. The van der Waals surface area contributed by atoms with Crippen molar-refractivity contribution in [3.05, 3.63) is 29.8 Å². The maximum Gasteiger partial charge on any atom is 0.306 e. The molecule has 5 heteroatoms. The van der Waals surface area contributed by atoms with Crippen molar-refractivity contribution in [2.24, 2.45) is 5.92 Å². The van der Waals surface area contributed by atoms with Gasteiger partial charge in [0.05, 0.1) is 5.92 Å². The number of carbonyl (C=O) groups is 2. The van der Waals surface area contributed by atoms with Crippen LogP contribution in [-0.2, 0) is 9.59 Å². The number of benzene rings is 1. The lowest BCUT2D eigenvalue weighted by Crippen LogP contribution is -2.50. The molecule has 1 fully saturated rings. The first-order valence-corrected chi connectivity index (χ1v) is 6.72. The number of aliphatic carboxylic acids is 1. The minimum absolute atomic E-state index is 0.0485. The summed E-state index contributed by atoms with van der Waals surface area (Å²) < 4.78 is 5.55. The van der Waals surface area contributed by atoms with Gasteiger partial charge in [-0.25, -0.2) is 0 Å². The molecule has 5 nitrogen and oxygen atoms in total. The highest BCUT2D eigenvalue weighted by Crippen LogP contribution is 2.27. The Balaban J connectivity index is 1.78. The van der Waals surface area contributed by atoms with Crippen LogP contribution in [0.3, 0.4) is 0 Å². The Kier molecular flexibility index (Phi) is 4.27. The third kappa shape index (κ3) is 3.50. The topological polar surface area (TPSA) is 75.6 Å². The first-order chi connectivity index (χ1) is 9.45. The van der Waals surface area contributed by atoms with Crippen molar-refractivity contribution < 1.29 is 19.4 Å². The fourth-order valence-corrected chi connectivity index (χ4v) is 2.13. The molecule has 1 amide bonds. The van der Waals surface area contributed by atoms with Gasteiger partial charge in [-0.1, -0.05) is 17.7 Å². The fourth-order valence-electron chi connectivity index (χ4n) is 2.13. The molecular formula is C15H19NO4. The smallest absolute Gasteiger partial charge is 0.306 e. The molecule has 1 aliphatic carbocycles. The van der Waals surface area contributed by atoms with Gasteiger partial charge >= 0.3 is 5.97 Å². The van der Waals surface area contributed by atoms with Crippen LogP contribution < -0.4 is 10.1 Å². The van der Waals surface area contributed by atoms with Crippen LogP contribution in [-0.4, -0.2) is 29.1 Å². The van der Waals surface area contributed by atoms with Crippen molar-refractivity contribution >= 4 is 11.9 Å². The minimum atomic E-state index is -0.792. The summed E-state index contributed by atoms with van der Waals surface area (Å²) in [5.41, 5.74) is 1.13. The first kappa shape index (κ1) is 14.4. The van der Waals surface area contributed by atoms with E-state index in [-0.39, 0.29) is 17.9 Å². The van der Waals surface area contributed by atoms with Gasteiger partial charge in [0, 0.05) is 6.04 Å². The van der Waals surface area contributed by atoms with Crippen molar-refractivity contribution in [1.82, 2.24) is 5.32 Å². The van der Waals surface area contributed by atoms with Gasteiger partial charge in [0.25, 0.3) is 5.91 Å². The van der Waals surface area contributed by atoms with E-state index in [1.807, 2.05) is 31.2 Å².